The summed E-state index contributed by atoms with van der Waals surface area (Å²) in [6.07, 6.45) is 1.15. The van der Waals surface area contributed by atoms with E-state index in [1.165, 1.54) is 31.7 Å². The third-order valence-corrected chi connectivity index (χ3v) is 4.48. The molecule has 0 aliphatic carbocycles. The average Bonchev–Trinajstić information content (AvgIpc) is 2.56. The Morgan fingerprint density at radius 3 is 1.24 bits per heavy atom. The number of hydrogen-bond acceptors (Lipinski definition) is 4. The van der Waals surface area contributed by atoms with Crippen molar-refractivity contribution in [3.8, 4) is 0 Å². The third-order valence-electron chi connectivity index (χ3n) is 3.18. The molecule has 144 valence electrons. The Morgan fingerprint density at radius 2 is 1.08 bits per heavy atom. The smallest absolute Gasteiger partial charge is 0.0664 e. The summed E-state index contributed by atoms with van der Waals surface area (Å²) in [5, 5.41) is 29.7. The molecule has 4 unspecified atom stereocenters. The predicted molar refractivity (Wildman–Crippen MR) is 104 cm³/mol. The minimum Gasteiger partial charge on any atom is -0.852 e. The van der Waals surface area contributed by atoms with Crippen molar-refractivity contribution in [1.29, 1.82) is 0 Å². The molecule has 0 amide bonds. The first kappa shape index (κ1) is 29.6. The summed E-state index contributed by atoms with van der Waals surface area (Å²) in [6.45, 7) is 12.7. The molecule has 0 aliphatic heterocycles. The van der Waals surface area contributed by atoms with Crippen LogP contribution >= 0.6 is 0 Å². The van der Waals surface area contributed by atoms with E-state index in [0.717, 1.165) is 19.3 Å². The Balaban J connectivity index is -0.000000279. The molecule has 2 N–H and O–H groups in total. The molecule has 0 fully saturated rings. The van der Waals surface area contributed by atoms with Crippen LogP contribution in [0.4, 0.5) is 0 Å². The fourth-order valence-corrected chi connectivity index (χ4v) is 2.06. The van der Waals surface area contributed by atoms with Crippen molar-refractivity contribution < 1.29 is 15.3 Å². The molecule has 5 heteroatoms. The van der Waals surface area contributed by atoms with Gasteiger partial charge in [-0.15, -0.1) is 18.3 Å². The van der Waals surface area contributed by atoms with Crippen LogP contribution in [-0.2, 0) is 0 Å². The maximum atomic E-state index is 9.90. The summed E-state index contributed by atoms with van der Waals surface area (Å²) in [5.41, 5.74) is 7.01. The van der Waals surface area contributed by atoms with Gasteiger partial charge in [0.2, 0.25) is 0 Å². The molecular weight excluding hydrogens is 421 g/mol. The first-order chi connectivity index (χ1) is 11.5. The van der Waals surface area contributed by atoms with Crippen LogP contribution in [0.5, 0.6) is 0 Å². The van der Waals surface area contributed by atoms with Crippen molar-refractivity contribution in [2.45, 2.75) is 92.1 Å². The van der Waals surface area contributed by atoms with Crippen molar-refractivity contribution in [2.75, 3.05) is 0 Å². The van der Waals surface area contributed by atoms with Crippen LogP contribution in [0, 0.1) is 0 Å². The standard InChI is InChI=1S/C8H10N.3C4H9O.Sn/c1-7(9)8-5-3-2-4-6-8;3*1-3-4(2)5;/h2-5,7H,9H2,1H3;3*4H,3H2,1-2H3;/q;3*-1;+3. The van der Waals surface area contributed by atoms with Crippen LogP contribution in [0.1, 0.15) is 79.3 Å². The molecule has 1 rings (SSSR count). The zero-order valence-corrected chi connectivity index (χ0v) is 19.9. The first-order valence-corrected chi connectivity index (χ1v) is 10.5. The summed E-state index contributed by atoms with van der Waals surface area (Å²) >= 11 is 1.44. The van der Waals surface area contributed by atoms with Crippen LogP contribution < -0.4 is 24.6 Å². The van der Waals surface area contributed by atoms with Gasteiger partial charge in [-0.3, -0.25) is 0 Å². The average molecular weight is 458 g/mol. The van der Waals surface area contributed by atoms with Crippen molar-refractivity contribution in [3.63, 3.8) is 0 Å². The van der Waals surface area contributed by atoms with Gasteiger partial charge in [0.25, 0.3) is 0 Å². The second kappa shape index (κ2) is 20.2. The maximum absolute atomic E-state index is 9.90. The number of rotatable bonds is 4. The Bertz CT molecular complexity index is 364. The Labute approximate surface area is 168 Å². The molecule has 0 saturated heterocycles. The molecule has 0 spiro atoms. The number of hydrogen-bond donors (Lipinski definition) is 1. The largest absolute Gasteiger partial charge is 0.852 e. The molecule has 0 radical (unpaired) electrons. The van der Waals surface area contributed by atoms with E-state index in [4.69, 9.17) is 5.73 Å². The molecule has 4 nitrogen and oxygen atoms in total. The Kier molecular flexibility index (Phi) is 23.9. The summed E-state index contributed by atoms with van der Waals surface area (Å²) < 4.78 is 1.37. The molecule has 0 saturated carbocycles. The van der Waals surface area contributed by atoms with Gasteiger partial charge in [0.05, 0.1) is 0 Å². The quantitative estimate of drug-likeness (QED) is 0.680. The minimum absolute atomic E-state index is 0.176. The van der Waals surface area contributed by atoms with Crippen LogP contribution in [0.25, 0.3) is 0 Å². The fourth-order valence-electron chi connectivity index (χ4n) is 0.894. The van der Waals surface area contributed by atoms with Crippen molar-refractivity contribution in [2.24, 2.45) is 5.73 Å². The van der Waals surface area contributed by atoms with Gasteiger partial charge in [0.15, 0.2) is 0 Å². The summed E-state index contributed by atoms with van der Waals surface area (Å²) in [6, 6.07) is 8.48. The summed E-state index contributed by atoms with van der Waals surface area (Å²) in [5.74, 6) is 0. The molecule has 1 aromatic rings. The van der Waals surface area contributed by atoms with Crippen molar-refractivity contribution in [1.82, 2.24) is 0 Å². The molecule has 0 aromatic heterocycles. The van der Waals surface area contributed by atoms with E-state index in [1.54, 1.807) is 20.8 Å². The van der Waals surface area contributed by atoms with E-state index in [1.807, 2.05) is 33.8 Å². The second-order valence-corrected chi connectivity index (χ2v) is 7.57. The zero-order valence-electron chi connectivity index (χ0n) is 17.0. The van der Waals surface area contributed by atoms with Gasteiger partial charge in [0, 0.05) is 0 Å². The summed E-state index contributed by atoms with van der Waals surface area (Å²) in [4.78, 5) is 0. The molecule has 0 bridgehead atoms. The van der Waals surface area contributed by atoms with Gasteiger partial charge in [0.1, 0.15) is 0 Å². The van der Waals surface area contributed by atoms with Gasteiger partial charge in [-0.05, 0) is 0 Å². The normalized spacial score (nSPS) is 14.3. The van der Waals surface area contributed by atoms with E-state index < -0.39 is 0 Å². The molecule has 25 heavy (non-hydrogen) atoms. The Morgan fingerprint density at radius 1 is 0.800 bits per heavy atom. The van der Waals surface area contributed by atoms with Crippen molar-refractivity contribution >= 4 is 26.1 Å². The zero-order chi connectivity index (χ0) is 20.4. The molecule has 0 heterocycles. The van der Waals surface area contributed by atoms with Gasteiger partial charge in [-0.1, -0.05) is 60.8 Å². The van der Waals surface area contributed by atoms with E-state index >= 15 is 0 Å². The molecular formula is C20H37NO3Sn. The number of nitrogens with two attached hydrogens (primary N) is 1. The molecule has 0 aliphatic rings. The molecule has 1 aromatic carbocycles. The van der Waals surface area contributed by atoms with E-state index in [0.29, 0.717) is 0 Å². The topological polar surface area (TPSA) is 95.2 Å². The van der Waals surface area contributed by atoms with Crippen LogP contribution in [0.15, 0.2) is 24.3 Å². The van der Waals surface area contributed by atoms with E-state index in [-0.39, 0.29) is 24.4 Å². The van der Waals surface area contributed by atoms with Gasteiger partial charge >= 0.3 is 74.6 Å². The monoisotopic (exact) mass is 459 g/mol. The van der Waals surface area contributed by atoms with Crippen molar-refractivity contribution in [3.05, 3.63) is 29.8 Å². The van der Waals surface area contributed by atoms with E-state index in [9.17, 15) is 15.3 Å². The number of benzene rings is 1. The van der Waals surface area contributed by atoms with Crippen LogP contribution in [-0.4, -0.2) is 40.8 Å². The SMILES string of the molecule is CC(N)c1cccc[c]1[Sn+3].CCC(C)[O-].CCC(C)[O-].CCC(C)[O-]. The minimum atomic E-state index is -0.366. The molecule has 4 atom stereocenters. The predicted octanol–water partition coefficient (Wildman–Crippen LogP) is 0.936. The summed E-state index contributed by atoms with van der Waals surface area (Å²) in [7, 11) is 0. The van der Waals surface area contributed by atoms with E-state index in [2.05, 4.69) is 18.2 Å². The first-order valence-electron chi connectivity index (χ1n) is 9.06. The van der Waals surface area contributed by atoms with Gasteiger partial charge in [-0.2, -0.15) is 0 Å². The maximum Gasteiger partial charge on any atom is -0.0664 e. The third kappa shape index (κ3) is 26.2. The van der Waals surface area contributed by atoms with Crippen LogP contribution in [0.3, 0.4) is 0 Å². The van der Waals surface area contributed by atoms with Gasteiger partial charge in [-0.25, -0.2) is 0 Å². The second-order valence-electron chi connectivity index (χ2n) is 6.03. The van der Waals surface area contributed by atoms with Crippen LogP contribution in [0.2, 0.25) is 0 Å². The fraction of sp³-hybridized carbons (Fsp3) is 0.700. The Hall–Kier alpha value is -0.141. The van der Waals surface area contributed by atoms with Gasteiger partial charge < -0.3 is 15.3 Å².